The molecule has 0 atom stereocenters. The number of hydrogen-bond donors (Lipinski definition) is 1. The summed E-state index contributed by atoms with van der Waals surface area (Å²) in [5.74, 6) is -0.405. The lowest BCUT2D eigenvalue weighted by Gasteiger charge is -2.06. The molecule has 0 bridgehead atoms. The average Bonchev–Trinajstić information content (AvgIpc) is 2.38. The standard InChI is InChI=1S/C14H10FN3.ClH/c15-14-11(6-7-12(16)18-14)10-5-1-3-9-4-2-8-17-13(9)10;/h1-8H,(H2,16,18);1H. The number of anilines is 1. The Labute approximate surface area is 115 Å². The van der Waals surface area contributed by atoms with Gasteiger partial charge in [0.2, 0.25) is 5.95 Å². The highest BCUT2D eigenvalue weighted by Gasteiger charge is 2.10. The summed E-state index contributed by atoms with van der Waals surface area (Å²) < 4.78 is 13.8. The lowest BCUT2D eigenvalue weighted by Crippen LogP contribution is -1.96. The van der Waals surface area contributed by atoms with Crippen molar-refractivity contribution in [1.82, 2.24) is 9.97 Å². The summed E-state index contributed by atoms with van der Waals surface area (Å²) >= 11 is 0. The van der Waals surface area contributed by atoms with Gasteiger partial charge >= 0.3 is 0 Å². The predicted molar refractivity (Wildman–Crippen MR) is 76.6 cm³/mol. The van der Waals surface area contributed by atoms with E-state index in [0.29, 0.717) is 5.56 Å². The van der Waals surface area contributed by atoms with Crippen molar-refractivity contribution >= 4 is 29.1 Å². The average molecular weight is 276 g/mol. The summed E-state index contributed by atoms with van der Waals surface area (Å²) in [5.41, 5.74) is 7.34. The van der Waals surface area contributed by atoms with Gasteiger partial charge in [-0.25, -0.2) is 4.98 Å². The molecule has 96 valence electrons. The molecule has 0 saturated heterocycles. The Balaban J connectivity index is 0.00000133. The second-order valence-electron chi connectivity index (χ2n) is 3.96. The highest BCUT2D eigenvalue weighted by Crippen LogP contribution is 2.28. The molecular formula is C14H11ClFN3. The Morgan fingerprint density at radius 3 is 2.53 bits per heavy atom. The van der Waals surface area contributed by atoms with Crippen molar-refractivity contribution in [3.63, 3.8) is 0 Å². The fourth-order valence-corrected chi connectivity index (χ4v) is 1.97. The fourth-order valence-electron chi connectivity index (χ4n) is 1.97. The number of rotatable bonds is 1. The maximum Gasteiger partial charge on any atom is 0.222 e. The molecule has 19 heavy (non-hydrogen) atoms. The molecule has 2 heterocycles. The van der Waals surface area contributed by atoms with Crippen molar-refractivity contribution in [3.05, 3.63) is 54.6 Å². The first-order valence-corrected chi connectivity index (χ1v) is 5.52. The number of pyridine rings is 2. The molecule has 5 heteroatoms. The molecule has 1 aromatic carbocycles. The lowest BCUT2D eigenvalue weighted by molar-refractivity contribution is 0.590. The van der Waals surface area contributed by atoms with Crippen LogP contribution in [0.1, 0.15) is 0 Å². The maximum atomic E-state index is 13.8. The molecule has 3 rings (SSSR count). The monoisotopic (exact) mass is 275 g/mol. The Morgan fingerprint density at radius 1 is 0.947 bits per heavy atom. The number of hydrogen-bond acceptors (Lipinski definition) is 3. The van der Waals surface area contributed by atoms with Crippen LogP contribution in [0, 0.1) is 5.95 Å². The van der Waals surface area contributed by atoms with Gasteiger partial charge in [0.15, 0.2) is 0 Å². The van der Waals surface area contributed by atoms with E-state index in [2.05, 4.69) is 9.97 Å². The Kier molecular flexibility index (Phi) is 3.62. The van der Waals surface area contributed by atoms with Gasteiger partial charge in [-0.3, -0.25) is 4.98 Å². The van der Waals surface area contributed by atoms with Crippen molar-refractivity contribution in [2.75, 3.05) is 5.73 Å². The van der Waals surface area contributed by atoms with E-state index in [4.69, 9.17) is 5.73 Å². The first-order valence-electron chi connectivity index (χ1n) is 5.52. The smallest absolute Gasteiger partial charge is 0.222 e. The van der Waals surface area contributed by atoms with E-state index in [1.165, 1.54) is 0 Å². The van der Waals surface area contributed by atoms with Gasteiger partial charge in [0.05, 0.1) is 5.52 Å². The largest absolute Gasteiger partial charge is 0.384 e. The molecule has 3 nitrogen and oxygen atoms in total. The van der Waals surface area contributed by atoms with Gasteiger partial charge in [0.25, 0.3) is 0 Å². The van der Waals surface area contributed by atoms with Crippen LogP contribution in [-0.2, 0) is 0 Å². The van der Waals surface area contributed by atoms with Crippen LogP contribution in [0.2, 0.25) is 0 Å². The summed E-state index contributed by atoms with van der Waals surface area (Å²) in [6.45, 7) is 0. The third kappa shape index (κ3) is 2.35. The lowest BCUT2D eigenvalue weighted by atomic mass is 10.0. The highest BCUT2D eigenvalue weighted by atomic mass is 35.5. The van der Waals surface area contributed by atoms with Crippen molar-refractivity contribution in [3.8, 4) is 11.1 Å². The summed E-state index contributed by atoms with van der Waals surface area (Å²) in [6, 6.07) is 12.6. The van der Waals surface area contributed by atoms with E-state index in [1.54, 1.807) is 18.3 Å². The first-order chi connectivity index (χ1) is 8.75. The molecule has 2 N–H and O–H groups in total. The van der Waals surface area contributed by atoms with Crippen LogP contribution in [-0.4, -0.2) is 9.97 Å². The molecule has 0 aliphatic heterocycles. The zero-order valence-corrected chi connectivity index (χ0v) is 10.7. The van der Waals surface area contributed by atoms with E-state index in [0.717, 1.165) is 16.5 Å². The van der Waals surface area contributed by atoms with Crippen molar-refractivity contribution < 1.29 is 4.39 Å². The number of nitrogens with zero attached hydrogens (tertiary/aromatic N) is 2. The van der Waals surface area contributed by atoms with Crippen molar-refractivity contribution in [1.29, 1.82) is 0 Å². The second-order valence-corrected chi connectivity index (χ2v) is 3.96. The zero-order valence-electron chi connectivity index (χ0n) is 9.88. The van der Waals surface area contributed by atoms with Gasteiger partial charge in [0.1, 0.15) is 5.82 Å². The molecule has 0 aliphatic carbocycles. The van der Waals surface area contributed by atoms with Gasteiger partial charge in [-0.2, -0.15) is 4.39 Å². The third-order valence-corrected chi connectivity index (χ3v) is 2.79. The number of fused-ring (bicyclic) bond motifs is 1. The topological polar surface area (TPSA) is 51.8 Å². The number of benzene rings is 1. The molecular weight excluding hydrogens is 265 g/mol. The number of nitrogens with two attached hydrogens (primary N) is 1. The maximum absolute atomic E-state index is 13.8. The van der Waals surface area contributed by atoms with Gasteiger partial charge in [-0.05, 0) is 18.2 Å². The minimum atomic E-state index is -0.576. The van der Waals surface area contributed by atoms with Gasteiger partial charge in [0, 0.05) is 22.7 Å². The number of nitrogen functional groups attached to an aromatic ring is 1. The van der Waals surface area contributed by atoms with Crippen LogP contribution in [0.15, 0.2) is 48.7 Å². The summed E-state index contributed by atoms with van der Waals surface area (Å²) in [6.07, 6.45) is 1.69. The molecule has 0 aliphatic rings. The molecule has 0 spiro atoms. The van der Waals surface area contributed by atoms with E-state index >= 15 is 0 Å². The fraction of sp³-hybridized carbons (Fsp3) is 0. The van der Waals surface area contributed by atoms with E-state index < -0.39 is 5.95 Å². The third-order valence-electron chi connectivity index (χ3n) is 2.79. The minimum absolute atomic E-state index is 0. The Morgan fingerprint density at radius 2 is 1.74 bits per heavy atom. The van der Waals surface area contributed by atoms with Crippen LogP contribution in [0.25, 0.3) is 22.0 Å². The zero-order chi connectivity index (χ0) is 12.5. The van der Waals surface area contributed by atoms with E-state index in [9.17, 15) is 4.39 Å². The minimum Gasteiger partial charge on any atom is -0.384 e. The second kappa shape index (κ2) is 5.20. The molecule has 2 aromatic heterocycles. The van der Waals surface area contributed by atoms with Crippen molar-refractivity contribution in [2.24, 2.45) is 0 Å². The van der Waals surface area contributed by atoms with Gasteiger partial charge < -0.3 is 5.73 Å². The number of para-hydroxylation sites is 1. The normalized spacial score (nSPS) is 10.2. The van der Waals surface area contributed by atoms with Crippen LogP contribution in [0.5, 0.6) is 0 Å². The van der Waals surface area contributed by atoms with Crippen LogP contribution in [0.4, 0.5) is 10.2 Å². The van der Waals surface area contributed by atoms with Gasteiger partial charge in [-0.15, -0.1) is 12.4 Å². The highest BCUT2D eigenvalue weighted by molar-refractivity contribution is 5.93. The Hall–Kier alpha value is -2.20. The molecule has 0 unspecified atom stereocenters. The summed E-state index contributed by atoms with van der Waals surface area (Å²) in [7, 11) is 0. The number of halogens is 2. The first kappa shape index (κ1) is 13.2. The molecule has 0 fully saturated rings. The summed E-state index contributed by atoms with van der Waals surface area (Å²) in [4.78, 5) is 7.94. The van der Waals surface area contributed by atoms with Gasteiger partial charge in [-0.1, -0.05) is 24.3 Å². The molecule has 0 radical (unpaired) electrons. The van der Waals surface area contributed by atoms with Crippen LogP contribution in [0.3, 0.4) is 0 Å². The quantitative estimate of drug-likeness (QED) is 0.692. The predicted octanol–water partition coefficient (Wildman–Crippen LogP) is 3.44. The molecule has 3 aromatic rings. The van der Waals surface area contributed by atoms with E-state index in [1.807, 2.05) is 30.3 Å². The molecule has 0 saturated carbocycles. The summed E-state index contributed by atoms with van der Waals surface area (Å²) in [5, 5.41) is 0.964. The Bertz CT molecular complexity index is 725. The molecule has 0 amide bonds. The van der Waals surface area contributed by atoms with E-state index in [-0.39, 0.29) is 18.2 Å². The van der Waals surface area contributed by atoms with Crippen molar-refractivity contribution in [2.45, 2.75) is 0 Å². The van der Waals surface area contributed by atoms with Crippen LogP contribution < -0.4 is 5.73 Å². The SMILES string of the molecule is Cl.Nc1ccc(-c2cccc3cccnc23)c(F)n1. The van der Waals surface area contributed by atoms with Crippen LogP contribution >= 0.6 is 12.4 Å². The number of aromatic nitrogens is 2.